The molecule has 0 bridgehead atoms. The molecule has 18 heavy (non-hydrogen) atoms. The number of nitrogens with one attached hydrogen (secondary N) is 1. The van der Waals surface area contributed by atoms with E-state index >= 15 is 0 Å². The second kappa shape index (κ2) is 5.67. The molecular formula is C16H18FN. The van der Waals surface area contributed by atoms with Gasteiger partial charge in [-0.3, -0.25) is 0 Å². The molecule has 1 nitrogen and oxygen atoms in total. The summed E-state index contributed by atoms with van der Waals surface area (Å²) < 4.78 is 14.0. The molecule has 0 heterocycles. The van der Waals surface area contributed by atoms with Crippen molar-refractivity contribution in [2.75, 3.05) is 11.9 Å². The van der Waals surface area contributed by atoms with Gasteiger partial charge in [0.2, 0.25) is 0 Å². The largest absolute Gasteiger partial charge is 0.385 e. The number of halogens is 1. The Hall–Kier alpha value is -1.83. The van der Waals surface area contributed by atoms with E-state index in [4.69, 9.17) is 0 Å². The van der Waals surface area contributed by atoms with Gasteiger partial charge in [0.15, 0.2) is 0 Å². The Labute approximate surface area is 108 Å². The zero-order valence-electron chi connectivity index (χ0n) is 10.8. The summed E-state index contributed by atoms with van der Waals surface area (Å²) in [6.45, 7) is 4.98. The lowest BCUT2D eigenvalue weighted by atomic mass is 10.0. The predicted octanol–water partition coefficient (Wildman–Crippen LogP) is 4.62. The Morgan fingerprint density at radius 1 is 1.06 bits per heavy atom. The summed E-state index contributed by atoms with van der Waals surface area (Å²) in [6, 6.07) is 13.2. The Balaban J connectivity index is 2.26. The average Bonchev–Trinajstić information content (AvgIpc) is 2.38. The van der Waals surface area contributed by atoms with Gasteiger partial charge in [-0.1, -0.05) is 36.8 Å². The summed E-state index contributed by atoms with van der Waals surface area (Å²) in [5.74, 6) is -0.181. The SMILES string of the molecule is CCCNc1ccc(-c2ccc(C)cc2)c(F)c1. The molecule has 0 aliphatic heterocycles. The van der Waals surface area contributed by atoms with Gasteiger partial charge in [-0.2, -0.15) is 0 Å². The zero-order chi connectivity index (χ0) is 13.0. The van der Waals surface area contributed by atoms with Crippen LogP contribution in [-0.4, -0.2) is 6.54 Å². The number of aryl methyl sites for hydroxylation is 1. The predicted molar refractivity (Wildman–Crippen MR) is 75.4 cm³/mol. The Bertz CT molecular complexity index is 517. The highest BCUT2D eigenvalue weighted by Crippen LogP contribution is 2.25. The van der Waals surface area contributed by atoms with E-state index in [9.17, 15) is 4.39 Å². The molecule has 0 aromatic heterocycles. The maximum atomic E-state index is 14.0. The van der Waals surface area contributed by atoms with Crippen LogP contribution in [0.25, 0.3) is 11.1 Å². The van der Waals surface area contributed by atoms with Crippen molar-refractivity contribution in [2.24, 2.45) is 0 Å². The molecule has 2 aromatic rings. The molecule has 94 valence electrons. The van der Waals surface area contributed by atoms with Crippen LogP contribution in [0.2, 0.25) is 0 Å². The zero-order valence-corrected chi connectivity index (χ0v) is 10.8. The van der Waals surface area contributed by atoms with E-state index in [1.807, 2.05) is 43.3 Å². The average molecular weight is 243 g/mol. The molecular weight excluding hydrogens is 225 g/mol. The number of benzene rings is 2. The first kappa shape index (κ1) is 12.6. The Kier molecular flexibility index (Phi) is 3.98. The third-order valence-electron chi connectivity index (χ3n) is 2.91. The van der Waals surface area contributed by atoms with Gasteiger partial charge in [-0.05, 0) is 37.1 Å². The van der Waals surface area contributed by atoms with Gasteiger partial charge in [0.25, 0.3) is 0 Å². The summed E-state index contributed by atoms with van der Waals surface area (Å²) in [6.07, 6.45) is 1.03. The fraction of sp³-hybridized carbons (Fsp3) is 0.250. The van der Waals surface area contributed by atoms with Crippen molar-refractivity contribution >= 4 is 5.69 Å². The summed E-state index contributed by atoms with van der Waals surface area (Å²) in [7, 11) is 0. The Morgan fingerprint density at radius 3 is 2.39 bits per heavy atom. The first-order valence-corrected chi connectivity index (χ1v) is 6.31. The van der Waals surface area contributed by atoms with Crippen LogP contribution in [0, 0.1) is 12.7 Å². The van der Waals surface area contributed by atoms with Crippen molar-refractivity contribution in [2.45, 2.75) is 20.3 Å². The normalized spacial score (nSPS) is 10.4. The lowest BCUT2D eigenvalue weighted by molar-refractivity contribution is 0.631. The summed E-state index contributed by atoms with van der Waals surface area (Å²) in [5.41, 5.74) is 3.59. The summed E-state index contributed by atoms with van der Waals surface area (Å²) in [4.78, 5) is 0. The lowest BCUT2D eigenvalue weighted by Crippen LogP contribution is -2.00. The standard InChI is InChI=1S/C16H18FN/c1-3-10-18-14-8-9-15(16(17)11-14)13-6-4-12(2)5-7-13/h4-9,11,18H,3,10H2,1-2H3. The van der Waals surface area contributed by atoms with Crippen molar-refractivity contribution in [1.29, 1.82) is 0 Å². The topological polar surface area (TPSA) is 12.0 Å². The smallest absolute Gasteiger partial charge is 0.133 e. The van der Waals surface area contributed by atoms with Crippen LogP contribution in [-0.2, 0) is 0 Å². The number of hydrogen-bond acceptors (Lipinski definition) is 1. The number of hydrogen-bond donors (Lipinski definition) is 1. The number of anilines is 1. The minimum Gasteiger partial charge on any atom is -0.385 e. The molecule has 0 fully saturated rings. The molecule has 0 atom stereocenters. The highest BCUT2D eigenvalue weighted by Gasteiger charge is 2.05. The molecule has 0 unspecified atom stereocenters. The molecule has 0 saturated carbocycles. The van der Waals surface area contributed by atoms with E-state index in [0.29, 0.717) is 5.56 Å². The van der Waals surface area contributed by atoms with Gasteiger partial charge < -0.3 is 5.32 Å². The van der Waals surface area contributed by atoms with Gasteiger partial charge in [-0.25, -0.2) is 4.39 Å². The molecule has 0 aliphatic rings. The molecule has 0 aliphatic carbocycles. The third kappa shape index (κ3) is 2.89. The van der Waals surface area contributed by atoms with Gasteiger partial charge in [0.1, 0.15) is 5.82 Å². The first-order valence-electron chi connectivity index (χ1n) is 6.31. The highest BCUT2D eigenvalue weighted by molar-refractivity contribution is 5.67. The van der Waals surface area contributed by atoms with Gasteiger partial charge in [0, 0.05) is 17.8 Å². The van der Waals surface area contributed by atoms with Crippen molar-refractivity contribution in [3.63, 3.8) is 0 Å². The quantitative estimate of drug-likeness (QED) is 0.826. The lowest BCUT2D eigenvalue weighted by Gasteiger charge is -2.08. The monoisotopic (exact) mass is 243 g/mol. The molecule has 1 N–H and O–H groups in total. The van der Waals surface area contributed by atoms with E-state index in [1.165, 1.54) is 5.56 Å². The van der Waals surface area contributed by atoms with Crippen molar-refractivity contribution in [3.05, 3.63) is 53.8 Å². The van der Waals surface area contributed by atoms with Crippen LogP contribution < -0.4 is 5.32 Å². The van der Waals surface area contributed by atoms with E-state index in [-0.39, 0.29) is 5.82 Å². The molecule has 2 rings (SSSR count). The van der Waals surface area contributed by atoms with Crippen LogP contribution in [0.3, 0.4) is 0 Å². The molecule has 0 spiro atoms. The van der Waals surface area contributed by atoms with E-state index in [1.54, 1.807) is 6.07 Å². The molecule has 0 radical (unpaired) electrons. The van der Waals surface area contributed by atoms with Crippen molar-refractivity contribution in [1.82, 2.24) is 0 Å². The third-order valence-corrected chi connectivity index (χ3v) is 2.91. The van der Waals surface area contributed by atoms with E-state index in [2.05, 4.69) is 12.2 Å². The van der Waals surface area contributed by atoms with Crippen LogP contribution in [0.15, 0.2) is 42.5 Å². The van der Waals surface area contributed by atoms with E-state index < -0.39 is 0 Å². The second-order valence-electron chi connectivity index (χ2n) is 4.49. The minimum absolute atomic E-state index is 0.181. The maximum absolute atomic E-state index is 14.0. The fourth-order valence-corrected chi connectivity index (χ4v) is 1.86. The molecule has 0 amide bonds. The minimum atomic E-state index is -0.181. The van der Waals surface area contributed by atoms with Crippen LogP contribution >= 0.6 is 0 Å². The van der Waals surface area contributed by atoms with Gasteiger partial charge >= 0.3 is 0 Å². The van der Waals surface area contributed by atoms with Crippen molar-refractivity contribution in [3.8, 4) is 11.1 Å². The first-order chi connectivity index (χ1) is 8.70. The maximum Gasteiger partial charge on any atom is 0.133 e. The fourth-order valence-electron chi connectivity index (χ4n) is 1.86. The summed E-state index contributed by atoms with van der Waals surface area (Å²) >= 11 is 0. The molecule has 2 heteroatoms. The number of rotatable bonds is 4. The Morgan fingerprint density at radius 2 is 1.78 bits per heavy atom. The van der Waals surface area contributed by atoms with Crippen molar-refractivity contribution < 1.29 is 4.39 Å². The second-order valence-corrected chi connectivity index (χ2v) is 4.49. The van der Waals surface area contributed by atoms with Crippen LogP contribution in [0.1, 0.15) is 18.9 Å². The van der Waals surface area contributed by atoms with E-state index in [0.717, 1.165) is 24.2 Å². The van der Waals surface area contributed by atoms with Gasteiger partial charge in [0.05, 0.1) is 0 Å². The van der Waals surface area contributed by atoms with Crippen LogP contribution in [0.4, 0.5) is 10.1 Å². The molecule has 0 saturated heterocycles. The molecule has 2 aromatic carbocycles. The summed E-state index contributed by atoms with van der Waals surface area (Å²) in [5, 5.41) is 3.18. The van der Waals surface area contributed by atoms with Gasteiger partial charge in [-0.15, -0.1) is 0 Å². The highest BCUT2D eigenvalue weighted by atomic mass is 19.1. The van der Waals surface area contributed by atoms with Crippen LogP contribution in [0.5, 0.6) is 0 Å².